The van der Waals surface area contributed by atoms with Crippen LogP contribution in [-0.2, 0) is 9.53 Å². The molecule has 1 unspecified atom stereocenters. The number of benzene rings is 1. The van der Waals surface area contributed by atoms with Crippen molar-refractivity contribution < 1.29 is 14.3 Å². The lowest BCUT2D eigenvalue weighted by Crippen LogP contribution is -2.43. The lowest BCUT2D eigenvalue weighted by molar-refractivity contribution is -0.144. The van der Waals surface area contributed by atoms with E-state index in [1.807, 2.05) is 39.8 Å². The molecule has 1 N–H and O–H groups in total. The Labute approximate surface area is 121 Å². The molecule has 0 aliphatic rings. The zero-order valence-corrected chi connectivity index (χ0v) is 13.2. The molecule has 4 nitrogen and oxygen atoms in total. The Bertz CT molecular complexity index is 457. The van der Waals surface area contributed by atoms with Gasteiger partial charge < -0.3 is 9.47 Å². The van der Waals surface area contributed by atoms with Gasteiger partial charge in [0, 0.05) is 11.6 Å². The van der Waals surface area contributed by atoms with Crippen molar-refractivity contribution in [1.29, 1.82) is 0 Å². The number of aryl methyl sites for hydroxylation is 1. The third kappa shape index (κ3) is 3.97. The maximum absolute atomic E-state index is 11.8. The molecule has 0 bridgehead atoms. The molecule has 0 fully saturated rings. The topological polar surface area (TPSA) is 47.6 Å². The average Bonchev–Trinajstić information content (AvgIpc) is 2.43. The minimum absolute atomic E-state index is 0.00338. The fraction of sp³-hybridized carbons (Fsp3) is 0.562. The first-order valence-corrected chi connectivity index (χ1v) is 6.89. The van der Waals surface area contributed by atoms with E-state index in [4.69, 9.17) is 9.47 Å². The minimum Gasteiger partial charge on any atom is -0.496 e. The second-order valence-electron chi connectivity index (χ2n) is 5.38. The highest BCUT2D eigenvalue weighted by molar-refractivity contribution is 5.76. The van der Waals surface area contributed by atoms with Crippen LogP contribution in [0.3, 0.4) is 0 Å². The van der Waals surface area contributed by atoms with Gasteiger partial charge in [-0.3, -0.25) is 10.1 Å². The summed E-state index contributed by atoms with van der Waals surface area (Å²) in [5.74, 6) is 0.738. The smallest absolute Gasteiger partial charge is 0.323 e. The molecule has 0 aliphatic heterocycles. The quantitative estimate of drug-likeness (QED) is 0.813. The molecule has 0 radical (unpaired) electrons. The van der Waals surface area contributed by atoms with E-state index in [1.54, 1.807) is 7.11 Å². The summed E-state index contributed by atoms with van der Waals surface area (Å²) in [6, 6.07) is 5.70. The Morgan fingerprint density at radius 3 is 2.35 bits per heavy atom. The molecule has 1 rings (SSSR count). The number of esters is 1. The number of methoxy groups -OCH3 is 2. The highest BCUT2D eigenvalue weighted by atomic mass is 16.5. The lowest BCUT2D eigenvalue weighted by Gasteiger charge is -2.25. The first-order chi connectivity index (χ1) is 9.40. The molecule has 1 aromatic rings. The van der Waals surface area contributed by atoms with Crippen molar-refractivity contribution >= 4 is 5.97 Å². The predicted octanol–water partition coefficient (Wildman–Crippen LogP) is 2.85. The third-order valence-corrected chi connectivity index (χ3v) is 3.40. The van der Waals surface area contributed by atoms with Crippen LogP contribution in [0.5, 0.6) is 5.75 Å². The van der Waals surface area contributed by atoms with Gasteiger partial charge in [-0.1, -0.05) is 31.5 Å². The Morgan fingerprint density at radius 1 is 1.20 bits per heavy atom. The molecule has 0 aromatic heterocycles. The fourth-order valence-electron chi connectivity index (χ4n) is 2.21. The molecule has 0 heterocycles. The van der Waals surface area contributed by atoms with E-state index in [2.05, 4.69) is 11.4 Å². The Balaban J connectivity index is 2.96. The van der Waals surface area contributed by atoms with E-state index in [1.165, 1.54) is 7.11 Å². The van der Waals surface area contributed by atoms with Gasteiger partial charge in [-0.15, -0.1) is 0 Å². The predicted molar refractivity (Wildman–Crippen MR) is 79.9 cm³/mol. The van der Waals surface area contributed by atoms with Gasteiger partial charge in [-0.25, -0.2) is 0 Å². The molecule has 0 amide bonds. The van der Waals surface area contributed by atoms with Crippen LogP contribution in [0, 0.1) is 12.8 Å². The fourth-order valence-corrected chi connectivity index (χ4v) is 2.21. The van der Waals surface area contributed by atoms with E-state index in [0.717, 1.165) is 16.9 Å². The first-order valence-electron chi connectivity index (χ1n) is 6.89. The van der Waals surface area contributed by atoms with E-state index in [9.17, 15) is 4.79 Å². The molecule has 1 aromatic carbocycles. The normalized spacial score (nSPS) is 13.9. The number of nitrogens with one attached hydrogen (secondary N) is 1. The van der Waals surface area contributed by atoms with Crippen LogP contribution in [0.4, 0.5) is 0 Å². The number of ether oxygens (including phenoxy) is 2. The summed E-state index contributed by atoms with van der Waals surface area (Å²) in [6.45, 7) is 8.05. The van der Waals surface area contributed by atoms with Crippen LogP contribution in [0.2, 0.25) is 0 Å². The first kappa shape index (κ1) is 16.5. The van der Waals surface area contributed by atoms with Gasteiger partial charge in [0.2, 0.25) is 0 Å². The standard InChI is InChI=1S/C16H25NO3/c1-10(2)15(16(18)20-6)17-12(4)13-9-11(3)7-8-14(13)19-5/h7-10,12,15,17H,1-6H3/t12?,15-/m0/s1. The van der Waals surface area contributed by atoms with E-state index < -0.39 is 0 Å². The van der Waals surface area contributed by atoms with Gasteiger partial charge in [0.1, 0.15) is 11.8 Å². The number of hydrogen-bond acceptors (Lipinski definition) is 4. The van der Waals surface area contributed by atoms with Crippen molar-refractivity contribution in [3.8, 4) is 5.75 Å². The summed E-state index contributed by atoms with van der Waals surface area (Å²) in [5, 5.41) is 3.33. The number of carbonyl (C=O) groups is 1. The molecular weight excluding hydrogens is 254 g/mol. The Hall–Kier alpha value is -1.55. The van der Waals surface area contributed by atoms with Crippen molar-refractivity contribution in [2.75, 3.05) is 14.2 Å². The highest BCUT2D eigenvalue weighted by Gasteiger charge is 2.25. The van der Waals surface area contributed by atoms with Crippen LogP contribution in [-0.4, -0.2) is 26.2 Å². The van der Waals surface area contributed by atoms with Crippen LogP contribution in [0.1, 0.15) is 37.9 Å². The monoisotopic (exact) mass is 279 g/mol. The average molecular weight is 279 g/mol. The zero-order chi connectivity index (χ0) is 15.3. The molecule has 0 spiro atoms. The van der Waals surface area contributed by atoms with E-state index in [0.29, 0.717) is 0 Å². The van der Waals surface area contributed by atoms with Gasteiger partial charge in [-0.2, -0.15) is 0 Å². The largest absolute Gasteiger partial charge is 0.496 e. The molecular formula is C16H25NO3. The van der Waals surface area contributed by atoms with Crippen molar-refractivity contribution in [2.45, 2.75) is 39.8 Å². The highest BCUT2D eigenvalue weighted by Crippen LogP contribution is 2.27. The summed E-state index contributed by atoms with van der Waals surface area (Å²) in [6.07, 6.45) is 0. The van der Waals surface area contributed by atoms with Crippen molar-refractivity contribution in [1.82, 2.24) is 5.32 Å². The second kappa shape index (κ2) is 7.29. The van der Waals surface area contributed by atoms with Gasteiger partial charge >= 0.3 is 5.97 Å². The molecule has 112 valence electrons. The summed E-state index contributed by atoms with van der Waals surface area (Å²) >= 11 is 0. The molecule has 0 aliphatic carbocycles. The molecule has 2 atom stereocenters. The van der Waals surface area contributed by atoms with Crippen LogP contribution < -0.4 is 10.1 Å². The summed E-state index contributed by atoms with van der Waals surface area (Å²) < 4.78 is 10.3. The van der Waals surface area contributed by atoms with Gasteiger partial charge in [0.15, 0.2) is 0 Å². The Kier molecular flexibility index (Phi) is 6.02. The van der Waals surface area contributed by atoms with Gasteiger partial charge in [0.05, 0.1) is 14.2 Å². The van der Waals surface area contributed by atoms with Crippen LogP contribution in [0.25, 0.3) is 0 Å². The SMILES string of the molecule is COC(=O)[C@@H](NC(C)c1cc(C)ccc1OC)C(C)C. The summed E-state index contributed by atoms with van der Waals surface area (Å²) in [5.41, 5.74) is 2.20. The Morgan fingerprint density at radius 2 is 1.85 bits per heavy atom. The number of rotatable bonds is 6. The molecule has 0 saturated carbocycles. The lowest BCUT2D eigenvalue weighted by atomic mass is 9.99. The second-order valence-corrected chi connectivity index (χ2v) is 5.38. The third-order valence-electron chi connectivity index (χ3n) is 3.40. The zero-order valence-electron chi connectivity index (χ0n) is 13.2. The summed E-state index contributed by atoms with van der Waals surface area (Å²) in [4.78, 5) is 11.8. The van der Waals surface area contributed by atoms with Gasteiger partial charge in [0.25, 0.3) is 0 Å². The number of hydrogen-bond donors (Lipinski definition) is 1. The van der Waals surface area contributed by atoms with Crippen LogP contribution >= 0.6 is 0 Å². The van der Waals surface area contributed by atoms with Crippen molar-refractivity contribution in [3.05, 3.63) is 29.3 Å². The minimum atomic E-state index is -0.333. The van der Waals surface area contributed by atoms with E-state index in [-0.39, 0.29) is 24.0 Å². The molecule has 0 saturated heterocycles. The van der Waals surface area contributed by atoms with Gasteiger partial charge in [-0.05, 0) is 25.8 Å². The molecule has 20 heavy (non-hydrogen) atoms. The van der Waals surface area contributed by atoms with Crippen molar-refractivity contribution in [3.63, 3.8) is 0 Å². The maximum atomic E-state index is 11.8. The van der Waals surface area contributed by atoms with Crippen LogP contribution in [0.15, 0.2) is 18.2 Å². The maximum Gasteiger partial charge on any atom is 0.323 e. The van der Waals surface area contributed by atoms with E-state index >= 15 is 0 Å². The summed E-state index contributed by atoms with van der Waals surface area (Å²) in [7, 11) is 3.07. The van der Waals surface area contributed by atoms with Crippen molar-refractivity contribution in [2.24, 2.45) is 5.92 Å². The molecule has 4 heteroatoms. The number of carbonyl (C=O) groups excluding carboxylic acids is 1.